The third kappa shape index (κ3) is 9.36. The molecule has 0 saturated heterocycles. The van der Waals surface area contributed by atoms with Crippen LogP contribution in [0.4, 0.5) is 0 Å². The Hall–Kier alpha value is -0.500. The molecule has 36 heavy (non-hydrogen) atoms. The SMILES string of the molecule is CCCCC1=C(CCC)C(C2CCCCCCCCCC2)N(C)N1C1CCCCCCCCCCC1. The summed E-state index contributed by atoms with van der Waals surface area (Å²) in [6.45, 7) is 4.82. The van der Waals surface area contributed by atoms with Crippen LogP contribution in [0, 0.1) is 5.92 Å². The van der Waals surface area contributed by atoms with Crippen LogP contribution in [0.3, 0.4) is 0 Å². The molecule has 2 aliphatic carbocycles. The van der Waals surface area contributed by atoms with Gasteiger partial charge in [0, 0.05) is 18.8 Å². The van der Waals surface area contributed by atoms with E-state index in [2.05, 4.69) is 30.9 Å². The van der Waals surface area contributed by atoms with Crippen LogP contribution >= 0.6 is 0 Å². The van der Waals surface area contributed by atoms with Crippen molar-refractivity contribution in [3.8, 4) is 0 Å². The maximum Gasteiger partial charge on any atom is 0.0547 e. The first-order valence-electron chi connectivity index (χ1n) is 17.0. The molecule has 0 aromatic heterocycles. The molecule has 3 aliphatic rings. The standard InChI is InChI=1S/C34H64N2/c1-4-6-29-33-32(24-5-2)34(30-25-20-16-12-10-11-13-17-21-26-30)35(3)36(33)31-27-22-18-14-8-7-9-15-19-23-28-31/h30-31,34H,4-29H2,1-3H3. The third-order valence-electron chi connectivity index (χ3n) is 9.80. The second kappa shape index (κ2) is 17.9. The molecule has 2 saturated carbocycles. The fraction of sp³-hybridized carbons (Fsp3) is 0.941. The van der Waals surface area contributed by atoms with E-state index in [1.165, 1.54) is 167 Å². The predicted molar refractivity (Wildman–Crippen MR) is 159 cm³/mol. The lowest BCUT2D eigenvalue weighted by molar-refractivity contribution is -0.0332. The van der Waals surface area contributed by atoms with E-state index in [1.54, 1.807) is 5.70 Å². The Bertz CT molecular complexity index is 572. The molecule has 0 N–H and O–H groups in total. The average molecular weight is 501 g/mol. The Morgan fingerprint density at radius 2 is 1.00 bits per heavy atom. The predicted octanol–water partition coefficient (Wildman–Crippen LogP) is 11.0. The molecule has 3 rings (SSSR count). The van der Waals surface area contributed by atoms with Gasteiger partial charge in [0.15, 0.2) is 0 Å². The van der Waals surface area contributed by atoms with Crippen molar-refractivity contribution < 1.29 is 0 Å². The summed E-state index contributed by atoms with van der Waals surface area (Å²) in [6, 6.07) is 1.42. The zero-order valence-electron chi connectivity index (χ0n) is 25.0. The van der Waals surface area contributed by atoms with Gasteiger partial charge in [-0.3, -0.25) is 0 Å². The molecule has 0 spiro atoms. The van der Waals surface area contributed by atoms with E-state index in [-0.39, 0.29) is 0 Å². The second-order valence-electron chi connectivity index (χ2n) is 12.8. The summed E-state index contributed by atoms with van der Waals surface area (Å²) in [5, 5.41) is 5.79. The van der Waals surface area contributed by atoms with E-state index >= 15 is 0 Å². The van der Waals surface area contributed by atoms with Crippen molar-refractivity contribution in [1.82, 2.24) is 10.0 Å². The van der Waals surface area contributed by atoms with E-state index < -0.39 is 0 Å². The Labute approximate surface area is 227 Å². The van der Waals surface area contributed by atoms with Gasteiger partial charge in [-0.05, 0) is 56.4 Å². The number of hydrazine groups is 1. The summed E-state index contributed by atoms with van der Waals surface area (Å²) in [4.78, 5) is 0. The average Bonchev–Trinajstić information content (AvgIpc) is 3.10. The Kier molecular flexibility index (Phi) is 14.9. The molecule has 210 valence electrons. The largest absolute Gasteiger partial charge is 0.307 e. The van der Waals surface area contributed by atoms with E-state index in [0.717, 1.165) is 12.0 Å². The fourth-order valence-electron chi connectivity index (χ4n) is 7.84. The Morgan fingerprint density at radius 3 is 1.44 bits per heavy atom. The lowest BCUT2D eigenvalue weighted by Gasteiger charge is -2.41. The van der Waals surface area contributed by atoms with E-state index in [4.69, 9.17) is 0 Å². The molecule has 1 heterocycles. The highest BCUT2D eigenvalue weighted by atomic mass is 15.7. The van der Waals surface area contributed by atoms with E-state index in [0.29, 0.717) is 6.04 Å². The number of rotatable bonds is 7. The first-order valence-corrected chi connectivity index (χ1v) is 17.0. The van der Waals surface area contributed by atoms with E-state index in [9.17, 15) is 0 Å². The van der Waals surface area contributed by atoms with Gasteiger partial charge in [0.05, 0.1) is 6.04 Å². The van der Waals surface area contributed by atoms with Crippen LogP contribution < -0.4 is 0 Å². The summed E-state index contributed by atoms with van der Waals surface area (Å²) < 4.78 is 0. The fourth-order valence-corrected chi connectivity index (χ4v) is 7.84. The highest BCUT2D eigenvalue weighted by Crippen LogP contribution is 2.43. The number of unbranched alkanes of at least 4 members (excludes halogenated alkanes) is 1. The molecule has 2 nitrogen and oxygen atoms in total. The summed E-state index contributed by atoms with van der Waals surface area (Å²) in [5.74, 6) is 0.863. The maximum absolute atomic E-state index is 2.95. The quantitative estimate of drug-likeness (QED) is 0.343. The minimum absolute atomic E-state index is 0.680. The lowest BCUT2D eigenvalue weighted by atomic mass is 9.83. The van der Waals surface area contributed by atoms with Gasteiger partial charge < -0.3 is 5.01 Å². The van der Waals surface area contributed by atoms with Crippen LogP contribution in [-0.2, 0) is 0 Å². The van der Waals surface area contributed by atoms with Gasteiger partial charge in [0.2, 0.25) is 0 Å². The summed E-state index contributed by atoms with van der Waals surface area (Å²) >= 11 is 0. The van der Waals surface area contributed by atoms with Gasteiger partial charge >= 0.3 is 0 Å². The van der Waals surface area contributed by atoms with Gasteiger partial charge in [-0.2, -0.15) is 0 Å². The molecule has 2 heteroatoms. The normalized spacial score (nSPS) is 26.4. The zero-order chi connectivity index (χ0) is 25.4. The first kappa shape index (κ1) is 30.0. The van der Waals surface area contributed by atoms with Crippen molar-refractivity contribution in [2.75, 3.05) is 7.05 Å². The van der Waals surface area contributed by atoms with Gasteiger partial charge in [0.25, 0.3) is 0 Å². The third-order valence-corrected chi connectivity index (χ3v) is 9.80. The first-order chi connectivity index (χ1) is 17.8. The van der Waals surface area contributed by atoms with Crippen LogP contribution in [0.15, 0.2) is 11.3 Å². The van der Waals surface area contributed by atoms with Crippen molar-refractivity contribution in [2.45, 2.75) is 193 Å². The van der Waals surface area contributed by atoms with E-state index in [1.807, 2.05) is 5.57 Å². The van der Waals surface area contributed by atoms with Crippen molar-refractivity contribution in [1.29, 1.82) is 0 Å². The van der Waals surface area contributed by atoms with Crippen LogP contribution in [0.2, 0.25) is 0 Å². The molecule has 0 bridgehead atoms. The van der Waals surface area contributed by atoms with Crippen molar-refractivity contribution in [2.24, 2.45) is 5.92 Å². The molecular formula is C34H64N2. The van der Waals surface area contributed by atoms with Crippen LogP contribution in [-0.4, -0.2) is 29.1 Å². The molecule has 0 amide bonds. The van der Waals surface area contributed by atoms with Crippen molar-refractivity contribution >= 4 is 0 Å². The maximum atomic E-state index is 2.95. The molecule has 0 radical (unpaired) electrons. The summed E-state index contributed by atoms with van der Waals surface area (Å²) in [6.07, 6.45) is 37.3. The van der Waals surface area contributed by atoms with Crippen molar-refractivity contribution in [3.05, 3.63) is 11.3 Å². The smallest absolute Gasteiger partial charge is 0.0547 e. The Balaban J connectivity index is 1.85. The second-order valence-corrected chi connectivity index (χ2v) is 12.8. The molecule has 1 aliphatic heterocycles. The molecular weight excluding hydrogens is 436 g/mol. The van der Waals surface area contributed by atoms with Crippen molar-refractivity contribution in [3.63, 3.8) is 0 Å². The van der Waals surface area contributed by atoms with Gasteiger partial charge in [-0.25, -0.2) is 5.01 Å². The molecule has 0 aromatic carbocycles. The van der Waals surface area contributed by atoms with Crippen LogP contribution in [0.25, 0.3) is 0 Å². The highest BCUT2D eigenvalue weighted by Gasteiger charge is 2.41. The summed E-state index contributed by atoms with van der Waals surface area (Å²) in [5.41, 5.74) is 3.66. The number of hydrogen-bond acceptors (Lipinski definition) is 2. The summed E-state index contributed by atoms with van der Waals surface area (Å²) in [7, 11) is 2.51. The topological polar surface area (TPSA) is 6.48 Å². The molecule has 2 fully saturated rings. The molecule has 1 atom stereocenters. The number of allylic oxidation sites excluding steroid dienone is 1. The Morgan fingerprint density at radius 1 is 0.556 bits per heavy atom. The zero-order valence-corrected chi connectivity index (χ0v) is 25.0. The van der Waals surface area contributed by atoms with Gasteiger partial charge in [0.1, 0.15) is 0 Å². The van der Waals surface area contributed by atoms with Crippen LogP contribution in [0.1, 0.15) is 181 Å². The molecule has 1 unspecified atom stereocenters. The van der Waals surface area contributed by atoms with Crippen LogP contribution in [0.5, 0.6) is 0 Å². The number of nitrogens with zero attached hydrogens (tertiary/aromatic N) is 2. The van der Waals surface area contributed by atoms with Gasteiger partial charge in [-0.1, -0.05) is 136 Å². The number of likely N-dealkylation sites (N-methyl/N-ethyl adjacent to an activating group) is 1. The highest BCUT2D eigenvalue weighted by molar-refractivity contribution is 5.26. The monoisotopic (exact) mass is 501 g/mol. The van der Waals surface area contributed by atoms with Gasteiger partial charge in [-0.15, -0.1) is 0 Å². The minimum atomic E-state index is 0.680. The number of hydrogen-bond donors (Lipinski definition) is 0. The minimum Gasteiger partial charge on any atom is -0.307 e. The molecule has 0 aromatic rings. The lowest BCUT2D eigenvalue weighted by Crippen LogP contribution is -2.48.